The molecule has 1 saturated carbocycles. The molecule has 1 heterocycles. The molecule has 0 spiro atoms. The fraction of sp³-hybridized carbons (Fsp3) is 0.583. The summed E-state index contributed by atoms with van der Waals surface area (Å²) in [6, 6.07) is 6.28. The summed E-state index contributed by atoms with van der Waals surface area (Å²) in [5, 5.41) is 11.9. The zero-order valence-corrected chi connectivity index (χ0v) is 19.1. The van der Waals surface area contributed by atoms with Crippen LogP contribution < -0.4 is 11.1 Å². The maximum absolute atomic E-state index is 12.8. The van der Waals surface area contributed by atoms with Crippen molar-refractivity contribution in [3.8, 4) is 0 Å². The largest absolute Gasteiger partial charge is 0.370 e. The van der Waals surface area contributed by atoms with Crippen LogP contribution >= 0.6 is 0 Å². The monoisotopic (exact) mass is 425 g/mol. The summed E-state index contributed by atoms with van der Waals surface area (Å²) in [4.78, 5) is 24.6. The minimum Gasteiger partial charge on any atom is -0.370 e. The number of rotatable bonds is 11. The summed E-state index contributed by atoms with van der Waals surface area (Å²) < 4.78 is 2.18. The van der Waals surface area contributed by atoms with Crippen LogP contribution in [0, 0.1) is 19.8 Å². The number of aromatic nitrogens is 3. The molecule has 1 unspecified atom stereocenters. The lowest BCUT2D eigenvalue weighted by atomic mass is 9.98. The molecule has 0 saturated heterocycles. The number of benzene rings is 1. The molecule has 1 fully saturated rings. The third-order valence-electron chi connectivity index (χ3n) is 5.79. The van der Waals surface area contributed by atoms with E-state index in [1.165, 1.54) is 0 Å². The number of hydrogen-bond donors (Lipinski definition) is 2. The number of anilines is 1. The number of nitrogens with zero attached hydrogens (tertiary/aromatic N) is 3. The highest BCUT2D eigenvalue weighted by molar-refractivity contribution is 5.92. The smallest absolute Gasteiger partial charge is 0.225 e. The van der Waals surface area contributed by atoms with Gasteiger partial charge in [-0.15, -0.1) is 10.2 Å². The van der Waals surface area contributed by atoms with E-state index in [0.29, 0.717) is 12.0 Å². The minimum atomic E-state index is -0.434. The Labute approximate surface area is 184 Å². The molecule has 1 aromatic heterocycles. The maximum atomic E-state index is 12.8. The van der Waals surface area contributed by atoms with Crippen LogP contribution in [0.1, 0.15) is 87.1 Å². The van der Waals surface area contributed by atoms with Gasteiger partial charge < -0.3 is 15.6 Å². The van der Waals surface area contributed by atoms with Crippen LogP contribution in [0.3, 0.4) is 0 Å². The summed E-state index contributed by atoms with van der Waals surface area (Å²) in [7, 11) is 0. The van der Waals surface area contributed by atoms with Gasteiger partial charge in [-0.05, 0) is 50.7 Å². The molecule has 7 heteroatoms. The SMILES string of the molecule is Cc1ccc(NC(=O)CC(CC(N)=O)c2nnc(CCCC(C)C)n2C2CC2)c(C)c1. The highest BCUT2D eigenvalue weighted by Gasteiger charge is 2.33. The number of primary amides is 1. The fourth-order valence-corrected chi connectivity index (χ4v) is 4.06. The van der Waals surface area contributed by atoms with E-state index < -0.39 is 5.91 Å². The first-order valence-corrected chi connectivity index (χ1v) is 11.3. The van der Waals surface area contributed by atoms with Gasteiger partial charge >= 0.3 is 0 Å². The zero-order chi connectivity index (χ0) is 22.5. The average molecular weight is 426 g/mol. The molecule has 0 bridgehead atoms. The van der Waals surface area contributed by atoms with Gasteiger partial charge in [0.2, 0.25) is 11.8 Å². The number of hydrogen-bond acceptors (Lipinski definition) is 4. The number of carbonyl (C=O) groups is 2. The Morgan fingerprint density at radius 2 is 1.94 bits per heavy atom. The van der Waals surface area contributed by atoms with Gasteiger partial charge in [0.05, 0.1) is 0 Å². The van der Waals surface area contributed by atoms with E-state index in [1.807, 2.05) is 32.0 Å². The van der Waals surface area contributed by atoms with E-state index >= 15 is 0 Å². The Hall–Kier alpha value is -2.70. The predicted molar refractivity (Wildman–Crippen MR) is 122 cm³/mol. The van der Waals surface area contributed by atoms with Crippen molar-refractivity contribution in [2.75, 3.05) is 5.32 Å². The summed E-state index contributed by atoms with van der Waals surface area (Å²) in [5.74, 6) is 1.36. The Kier molecular flexibility index (Phi) is 7.46. The molecule has 0 radical (unpaired) electrons. The lowest BCUT2D eigenvalue weighted by Gasteiger charge is -2.18. The van der Waals surface area contributed by atoms with Crippen molar-refractivity contribution in [2.24, 2.45) is 11.7 Å². The van der Waals surface area contributed by atoms with Crippen molar-refractivity contribution in [1.82, 2.24) is 14.8 Å². The molecule has 3 rings (SSSR count). The van der Waals surface area contributed by atoms with Gasteiger partial charge in [0.15, 0.2) is 0 Å². The summed E-state index contributed by atoms with van der Waals surface area (Å²) in [6.07, 6.45) is 5.44. The van der Waals surface area contributed by atoms with Gasteiger partial charge in [0, 0.05) is 36.9 Å². The molecule has 0 aliphatic heterocycles. The second kappa shape index (κ2) is 10.1. The molecule has 1 aliphatic rings. The van der Waals surface area contributed by atoms with Crippen LogP contribution in [0.4, 0.5) is 5.69 Å². The van der Waals surface area contributed by atoms with Gasteiger partial charge in [-0.25, -0.2) is 0 Å². The fourth-order valence-electron chi connectivity index (χ4n) is 4.06. The number of carbonyl (C=O) groups excluding carboxylic acids is 2. The second-order valence-corrected chi connectivity index (χ2v) is 9.30. The number of nitrogens with two attached hydrogens (primary N) is 1. The van der Waals surface area contributed by atoms with Crippen LogP contribution in [0.15, 0.2) is 18.2 Å². The first-order valence-electron chi connectivity index (χ1n) is 11.3. The predicted octanol–water partition coefficient (Wildman–Crippen LogP) is 4.20. The Balaban J connectivity index is 1.77. The van der Waals surface area contributed by atoms with Gasteiger partial charge in [0.25, 0.3) is 0 Å². The lowest BCUT2D eigenvalue weighted by Crippen LogP contribution is -2.23. The Morgan fingerprint density at radius 1 is 1.19 bits per heavy atom. The van der Waals surface area contributed by atoms with Crippen LogP contribution in [0.25, 0.3) is 0 Å². The average Bonchev–Trinajstić information content (AvgIpc) is 3.42. The third kappa shape index (κ3) is 6.39. The van der Waals surface area contributed by atoms with Crippen LogP contribution in [0.2, 0.25) is 0 Å². The first-order chi connectivity index (χ1) is 14.7. The van der Waals surface area contributed by atoms with Gasteiger partial charge in [-0.1, -0.05) is 38.0 Å². The van der Waals surface area contributed by atoms with Gasteiger partial charge in [0.1, 0.15) is 11.6 Å². The molecule has 7 nitrogen and oxygen atoms in total. The summed E-state index contributed by atoms with van der Waals surface area (Å²) >= 11 is 0. The number of amides is 2. The highest BCUT2D eigenvalue weighted by atomic mass is 16.2. The molecular formula is C24H35N5O2. The molecule has 168 valence electrons. The van der Waals surface area contributed by atoms with Crippen molar-refractivity contribution in [3.63, 3.8) is 0 Å². The van der Waals surface area contributed by atoms with Crippen LogP contribution in [-0.4, -0.2) is 26.6 Å². The lowest BCUT2D eigenvalue weighted by molar-refractivity contribution is -0.119. The standard InChI is InChI=1S/C24H35N5O2/c1-15(2)6-5-7-22-27-28-24(29(22)19-9-10-19)18(13-21(25)30)14-23(31)26-20-11-8-16(3)12-17(20)4/h8,11-12,15,18-19H,5-7,9-10,13-14H2,1-4H3,(H2,25,30)(H,26,31). The van der Waals surface area contributed by atoms with Crippen molar-refractivity contribution < 1.29 is 9.59 Å². The van der Waals surface area contributed by atoms with E-state index in [2.05, 4.69) is 33.9 Å². The van der Waals surface area contributed by atoms with Gasteiger partial charge in [-0.3, -0.25) is 9.59 Å². The van der Waals surface area contributed by atoms with Crippen LogP contribution in [0.5, 0.6) is 0 Å². The molecule has 2 aromatic rings. The van der Waals surface area contributed by atoms with E-state index in [0.717, 1.165) is 60.6 Å². The number of nitrogens with one attached hydrogen (secondary N) is 1. The normalized spacial score (nSPS) is 14.6. The number of aryl methyl sites for hydroxylation is 3. The summed E-state index contributed by atoms with van der Waals surface area (Å²) in [6.45, 7) is 8.42. The van der Waals surface area contributed by atoms with Crippen LogP contribution in [-0.2, 0) is 16.0 Å². The van der Waals surface area contributed by atoms with E-state index in [1.54, 1.807) is 0 Å². The third-order valence-corrected chi connectivity index (χ3v) is 5.79. The van der Waals surface area contributed by atoms with Crippen molar-refractivity contribution in [2.45, 2.75) is 84.6 Å². The molecule has 1 aliphatic carbocycles. The minimum absolute atomic E-state index is 0.0805. The first kappa shape index (κ1) is 23.0. The highest BCUT2D eigenvalue weighted by Crippen LogP contribution is 2.39. The van der Waals surface area contributed by atoms with Gasteiger partial charge in [-0.2, -0.15) is 0 Å². The van der Waals surface area contributed by atoms with Crippen molar-refractivity contribution >= 4 is 17.5 Å². The molecule has 3 N–H and O–H groups in total. The molecule has 1 atom stereocenters. The zero-order valence-electron chi connectivity index (χ0n) is 19.1. The van der Waals surface area contributed by atoms with Crippen molar-refractivity contribution in [3.05, 3.63) is 41.0 Å². The van der Waals surface area contributed by atoms with E-state index in [4.69, 9.17) is 5.73 Å². The topological polar surface area (TPSA) is 103 Å². The maximum Gasteiger partial charge on any atom is 0.225 e. The molecule has 31 heavy (non-hydrogen) atoms. The summed E-state index contributed by atoms with van der Waals surface area (Å²) in [5.41, 5.74) is 8.47. The van der Waals surface area contributed by atoms with E-state index in [9.17, 15) is 9.59 Å². The quantitative estimate of drug-likeness (QED) is 0.563. The molecular weight excluding hydrogens is 390 g/mol. The molecule has 2 amide bonds. The van der Waals surface area contributed by atoms with E-state index in [-0.39, 0.29) is 24.7 Å². The Morgan fingerprint density at radius 3 is 2.55 bits per heavy atom. The van der Waals surface area contributed by atoms with Crippen molar-refractivity contribution in [1.29, 1.82) is 0 Å². The molecule has 1 aromatic carbocycles. The Bertz CT molecular complexity index is 930. The second-order valence-electron chi connectivity index (χ2n) is 9.30.